The largest absolute Gasteiger partial charge is 0.206 e. The topological polar surface area (TPSA) is 0 Å². The zero-order valence-electron chi connectivity index (χ0n) is 13.2. The lowest BCUT2D eigenvalue weighted by Gasteiger charge is -2.09. The van der Waals surface area contributed by atoms with Gasteiger partial charge >= 0.3 is 0 Å². The van der Waals surface area contributed by atoms with Crippen molar-refractivity contribution in [3.05, 3.63) is 82.7 Å². The Balaban J connectivity index is 1.83. The van der Waals surface area contributed by atoms with Crippen LogP contribution in [0.15, 0.2) is 48.5 Å². The van der Waals surface area contributed by atoms with E-state index in [0.717, 1.165) is 35.2 Å². The van der Waals surface area contributed by atoms with E-state index in [1.54, 1.807) is 6.07 Å². The smallest absolute Gasteiger partial charge is 0.159 e. The van der Waals surface area contributed by atoms with Crippen LogP contribution in [0.1, 0.15) is 23.6 Å². The molecule has 0 spiro atoms. The van der Waals surface area contributed by atoms with Crippen molar-refractivity contribution in [2.75, 3.05) is 0 Å². The minimum Gasteiger partial charge on any atom is -0.206 e. The van der Waals surface area contributed by atoms with Gasteiger partial charge in [0.05, 0.1) is 0 Å². The van der Waals surface area contributed by atoms with Crippen LogP contribution >= 0.6 is 0 Å². The second-order valence-corrected chi connectivity index (χ2v) is 6.10. The van der Waals surface area contributed by atoms with Crippen LogP contribution in [0.5, 0.6) is 0 Å². The normalized spacial score (nSPS) is 12.2. The van der Waals surface area contributed by atoms with Crippen LogP contribution in [-0.2, 0) is 12.8 Å². The summed E-state index contributed by atoms with van der Waals surface area (Å²) in [5, 5.41) is 0. The van der Waals surface area contributed by atoms with Gasteiger partial charge in [-0.15, -0.1) is 0 Å². The van der Waals surface area contributed by atoms with Crippen molar-refractivity contribution < 1.29 is 13.2 Å². The predicted molar refractivity (Wildman–Crippen MR) is 89.4 cm³/mol. The second-order valence-electron chi connectivity index (χ2n) is 6.10. The molecule has 3 aromatic carbocycles. The molecule has 0 fully saturated rings. The van der Waals surface area contributed by atoms with Crippen LogP contribution < -0.4 is 0 Å². The molecule has 0 bridgehead atoms. The molecule has 4 rings (SSSR count). The molecule has 0 atom stereocenters. The Morgan fingerprint density at radius 2 is 1.54 bits per heavy atom. The Kier molecular flexibility index (Phi) is 3.45. The van der Waals surface area contributed by atoms with E-state index in [4.69, 9.17) is 0 Å². The molecule has 0 radical (unpaired) electrons. The molecule has 0 nitrogen and oxygen atoms in total. The Labute approximate surface area is 138 Å². The van der Waals surface area contributed by atoms with Crippen LogP contribution in [0.4, 0.5) is 13.2 Å². The van der Waals surface area contributed by atoms with E-state index in [2.05, 4.69) is 19.1 Å². The van der Waals surface area contributed by atoms with E-state index < -0.39 is 11.6 Å². The summed E-state index contributed by atoms with van der Waals surface area (Å²) in [5.41, 5.74) is 5.55. The third-order valence-electron chi connectivity index (χ3n) is 4.71. The first-order valence-electron chi connectivity index (χ1n) is 7.97. The molecule has 0 aromatic heterocycles. The molecule has 0 unspecified atom stereocenters. The third kappa shape index (κ3) is 2.23. The van der Waals surface area contributed by atoms with Crippen LogP contribution in [0.2, 0.25) is 0 Å². The fourth-order valence-electron chi connectivity index (χ4n) is 3.40. The molecule has 3 aromatic rings. The summed E-state index contributed by atoms with van der Waals surface area (Å²) >= 11 is 0. The van der Waals surface area contributed by atoms with Crippen molar-refractivity contribution in [1.82, 2.24) is 0 Å². The van der Waals surface area contributed by atoms with Crippen molar-refractivity contribution in [2.24, 2.45) is 0 Å². The van der Waals surface area contributed by atoms with Gasteiger partial charge in [-0.3, -0.25) is 0 Å². The zero-order chi connectivity index (χ0) is 16.8. The van der Waals surface area contributed by atoms with Crippen LogP contribution in [-0.4, -0.2) is 0 Å². The van der Waals surface area contributed by atoms with Gasteiger partial charge in [0.15, 0.2) is 11.6 Å². The van der Waals surface area contributed by atoms with E-state index >= 15 is 4.39 Å². The first-order valence-corrected chi connectivity index (χ1v) is 7.97. The van der Waals surface area contributed by atoms with E-state index in [0.29, 0.717) is 23.1 Å². The Morgan fingerprint density at radius 3 is 2.29 bits per heavy atom. The highest BCUT2D eigenvalue weighted by Crippen LogP contribution is 2.41. The molecule has 0 saturated heterocycles. The Morgan fingerprint density at radius 1 is 0.792 bits per heavy atom. The highest BCUT2D eigenvalue weighted by Gasteiger charge is 2.24. The van der Waals surface area contributed by atoms with E-state index in [-0.39, 0.29) is 5.82 Å². The second kappa shape index (κ2) is 5.52. The third-order valence-corrected chi connectivity index (χ3v) is 4.71. The Bertz CT molecular complexity index is 958. The van der Waals surface area contributed by atoms with Crippen LogP contribution in [0.3, 0.4) is 0 Å². The maximum atomic E-state index is 15.0. The predicted octanol–water partition coefficient (Wildman–Crippen LogP) is 5.90. The average molecular weight is 324 g/mol. The van der Waals surface area contributed by atoms with Gasteiger partial charge in [0.25, 0.3) is 0 Å². The van der Waals surface area contributed by atoms with Crippen molar-refractivity contribution in [2.45, 2.75) is 19.8 Å². The monoisotopic (exact) mass is 324 g/mol. The summed E-state index contributed by atoms with van der Waals surface area (Å²) in [6, 6.07) is 13.2. The first kappa shape index (κ1) is 15.0. The summed E-state index contributed by atoms with van der Waals surface area (Å²) in [6.45, 7) is 2.09. The minimum atomic E-state index is -0.969. The number of hydrogen-bond acceptors (Lipinski definition) is 0. The fraction of sp³-hybridized carbons (Fsp3) is 0.143. The molecule has 3 heteroatoms. The average Bonchev–Trinajstić information content (AvgIpc) is 2.96. The van der Waals surface area contributed by atoms with Gasteiger partial charge in [0, 0.05) is 17.5 Å². The van der Waals surface area contributed by atoms with E-state index in [1.807, 2.05) is 12.1 Å². The number of aryl methyl sites for hydroxylation is 1. The maximum absolute atomic E-state index is 15.0. The number of halogens is 3. The summed E-state index contributed by atoms with van der Waals surface area (Å²) in [6.07, 6.45) is 1.47. The van der Waals surface area contributed by atoms with Crippen molar-refractivity contribution in [1.29, 1.82) is 0 Å². The fourth-order valence-corrected chi connectivity index (χ4v) is 3.40. The molecular weight excluding hydrogens is 309 g/mol. The van der Waals surface area contributed by atoms with E-state index in [1.165, 1.54) is 11.6 Å². The van der Waals surface area contributed by atoms with Crippen molar-refractivity contribution >= 4 is 0 Å². The molecule has 24 heavy (non-hydrogen) atoms. The van der Waals surface area contributed by atoms with Gasteiger partial charge in [-0.1, -0.05) is 43.3 Å². The number of fused-ring (bicyclic) bond motifs is 3. The molecule has 0 aliphatic heterocycles. The quantitative estimate of drug-likeness (QED) is 0.430. The van der Waals surface area contributed by atoms with Gasteiger partial charge in [0.1, 0.15) is 5.82 Å². The molecule has 0 N–H and O–H groups in total. The molecule has 0 heterocycles. The standard InChI is InChI=1S/C21H15F3/c1-2-12-3-5-15-14(9-12)10-18-17(15)7-6-16(21(18)24)13-4-8-19(22)20(23)11-13/h3-9,11H,2,10H2,1H3. The van der Waals surface area contributed by atoms with Crippen molar-refractivity contribution in [3.63, 3.8) is 0 Å². The zero-order valence-corrected chi connectivity index (χ0v) is 13.2. The molecule has 120 valence electrons. The van der Waals surface area contributed by atoms with Gasteiger partial charge in [0.2, 0.25) is 0 Å². The van der Waals surface area contributed by atoms with Gasteiger partial charge in [-0.05, 0) is 46.4 Å². The van der Waals surface area contributed by atoms with Gasteiger partial charge < -0.3 is 0 Å². The minimum absolute atomic E-state index is 0.302. The first-order chi connectivity index (χ1) is 11.6. The molecule has 0 saturated carbocycles. The lowest BCUT2D eigenvalue weighted by atomic mass is 9.98. The van der Waals surface area contributed by atoms with E-state index in [9.17, 15) is 8.78 Å². The van der Waals surface area contributed by atoms with Crippen molar-refractivity contribution in [3.8, 4) is 22.3 Å². The summed E-state index contributed by atoms with van der Waals surface area (Å²) in [5.74, 6) is -2.25. The van der Waals surface area contributed by atoms with Gasteiger partial charge in [-0.25, -0.2) is 13.2 Å². The lowest BCUT2D eigenvalue weighted by molar-refractivity contribution is 0.509. The van der Waals surface area contributed by atoms with Crippen LogP contribution in [0.25, 0.3) is 22.3 Å². The molecule has 1 aliphatic rings. The SMILES string of the molecule is CCc1ccc2c(c1)Cc1c-2ccc(-c2ccc(F)c(F)c2)c1F. The number of hydrogen-bond donors (Lipinski definition) is 0. The summed E-state index contributed by atoms with van der Waals surface area (Å²) in [7, 11) is 0. The molecule has 1 aliphatic carbocycles. The summed E-state index contributed by atoms with van der Waals surface area (Å²) in [4.78, 5) is 0. The number of rotatable bonds is 2. The highest BCUT2D eigenvalue weighted by molar-refractivity contribution is 5.81. The van der Waals surface area contributed by atoms with Crippen LogP contribution in [0, 0.1) is 17.5 Å². The lowest BCUT2D eigenvalue weighted by Crippen LogP contribution is -1.94. The number of benzene rings is 3. The highest BCUT2D eigenvalue weighted by atomic mass is 19.2. The summed E-state index contributed by atoms with van der Waals surface area (Å²) < 4.78 is 41.6. The molecular formula is C21H15F3. The Hall–Kier alpha value is -2.55. The molecule has 0 amide bonds. The van der Waals surface area contributed by atoms with Gasteiger partial charge in [-0.2, -0.15) is 0 Å². The maximum Gasteiger partial charge on any atom is 0.159 e.